The van der Waals surface area contributed by atoms with Gasteiger partial charge in [0.25, 0.3) is 0 Å². The highest BCUT2D eigenvalue weighted by molar-refractivity contribution is 7.85. The second kappa shape index (κ2) is 4.83. The smallest absolute Gasteiger partial charge is 0.397 e. The fraction of sp³-hybridized carbons (Fsp3) is 0.0370. The molecule has 0 amide bonds. The fourth-order valence-electron chi connectivity index (χ4n) is 6.88. The average Bonchev–Trinajstić information content (AvgIpc) is 3.55. The number of benzene rings is 3. The van der Waals surface area contributed by atoms with E-state index >= 15 is 0 Å². The van der Waals surface area contributed by atoms with Gasteiger partial charge in [-0.25, -0.2) is 4.21 Å². The zero-order valence-electron chi connectivity index (χ0n) is 17.6. The lowest BCUT2D eigenvalue weighted by molar-refractivity contribution is -0.809. The topological polar surface area (TPSA) is 43.9 Å². The molecule has 0 bridgehead atoms. The van der Waals surface area contributed by atoms with Gasteiger partial charge in [-0.1, -0.05) is 16.8 Å². The molecule has 0 saturated heterocycles. The van der Waals surface area contributed by atoms with E-state index in [0.717, 1.165) is 66.1 Å². The van der Waals surface area contributed by atoms with E-state index in [2.05, 4.69) is 73.5 Å². The molecule has 7 heterocycles. The molecule has 4 aromatic rings. The van der Waals surface area contributed by atoms with Crippen molar-refractivity contribution in [3.05, 3.63) is 96.4 Å². The van der Waals surface area contributed by atoms with Crippen molar-refractivity contribution in [1.29, 1.82) is 0 Å². The molecule has 0 aliphatic carbocycles. The Bertz CT molecular complexity index is 1980. The Morgan fingerprint density at radius 1 is 0.853 bits per heavy atom. The van der Waals surface area contributed by atoms with Crippen LogP contribution in [0.1, 0.15) is 11.1 Å². The molecule has 0 radical (unpaired) electrons. The summed E-state index contributed by atoms with van der Waals surface area (Å²) in [5.74, 6) is 2.77. The summed E-state index contributed by atoms with van der Waals surface area (Å²) in [5, 5.41) is 1.13. The van der Waals surface area contributed by atoms with Gasteiger partial charge in [-0.05, 0) is 48.5 Å². The Labute approximate surface area is 195 Å². The second-order valence-corrected chi connectivity index (χ2v) is 10.7. The van der Waals surface area contributed by atoms with Crippen LogP contribution < -0.4 is 14.0 Å². The van der Waals surface area contributed by atoms with Crippen LogP contribution in [-0.2, 0) is 16.5 Å². The van der Waals surface area contributed by atoms with Gasteiger partial charge in [0.05, 0.1) is 38.5 Å². The Morgan fingerprint density at radius 3 is 2.74 bits per heavy atom. The monoisotopic (exact) mass is 458 g/mol. The molecule has 6 aliphatic rings. The molecule has 0 N–H and O–H groups in total. The first-order valence-corrected chi connectivity index (χ1v) is 12.4. The van der Waals surface area contributed by atoms with E-state index in [4.69, 9.17) is 4.74 Å². The van der Waals surface area contributed by atoms with Crippen LogP contribution in [0, 0.1) is 0 Å². The summed E-state index contributed by atoms with van der Waals surface area (Å²) >= 11 is 0. The van der Waals surface area contributed by atoms with Crippen LogP contribution in [0.5, 0.6) is 11.5 Å². The molecule has 0 saturated carbocycles. The van der Waals surface area contributed by atoms with Gasteiger partial charge >= 0.3 is 11.5 Å². The summed E-state index contributed by atoms with van der Waals surface area (Å²) in [6.07, 6.45) is 6.41. The standard InChI is InChI=1S/C27H14N4O2S/c32-34-20-9-1-5-15-16-6-3-12-28-26(16)31(24(15)20)25-21(34)11-10-19-23(25)27(28)22-17(7-2-8-18(22)33-19)29-13-4-14-30(27)29/h1-14H/q+2. The Hall–Kier alpha value is -4.23. The molecule has 158 valence electrons. The first-order valence-electron chi connectivity index (χ1n) is 11.3. The minimum Gasteiger partial charge on any atom is -0.456 e. The van der Waals surface area contributed by atoms with Crippen molar-refractivity contribution in [2.24, 2.45) is 0 Å². The van der Waals surface area contributed by atoms with E-state index in [1.54, 1.807) is 0 Å². The van der Waals surface area contributed by atoms with Crippen LogP contribution in [0.15, 0.2) is 95.1 Å². The molecule has 7 heteroatoms. The lowest BCUT2D eigenvalue weighted by Crippen LogP contribution is -2.67. The van der Waals surface area contributed by atoms with Crippen molar-refractivity contribution in [3.8, 4) is 34.3 Å². The van der Waals surface area contributed by atoms with Gasteiger partial charge in [-0.15, -0.1) is 4.68 Å². The highest BCUT2D eigenvalue weighted by Gasteiger charge is 2.70. The molecule has 6 aliphatic heterocycles. The van der Waals surface area contributed by atoms with E-state index in [-0.39, 0.29) is 0 Å². The minimum absolute atomic E-state index is 0.681. The highest BCUT2D eigenvalue weighted by Crippen LogP contribution is 2.58. The maximum Gasteiger partial charge on any atom is 0.397 e. The minimum atomic E-state index is -1.28. The van der Waals surface area contributed by atoms with Crippen molar-refractivity contribution in [2.75, 3.05) is 0 Å². The van der Waals surface area contributed by atoms with Crippen LogP contribution in [0.25, 0.3) is 33.7 Å². The maximum atomic E-state index is 14.0. The number of ether oxygens (including phenoxy) is 1. The van der Waals surface area contributed by atoms with E-state index < -0.39 is 16.5 Å². The molecule has 0 fully saturated rings. The second-order valence-electron chi connectivity index (χ2n) is 9.26. The van der Waals surface area contributed by atoms with Crippen LogP contribution in [0.3, 0.4) is 0 Å². The van der Waals surface area contributed by atoms with Crippen LogP contribution in [-0.4, -0.2) is 13.5 Å². The zero-order valence-corrected chi connectivity index (χ0v) is 18.4. The number of nitrogens with zero attached hydrogens (tertiary/aromatic N) is 4. The number of fused-ring (bicyclic) bond motifs is 3. The summed E-state index contributed by atoms with van der Waals surface area (Å²) in [4.78, 5) is 1.70. The third kappa shape index (κ3) is 1.36. The van der Waals surface area contributed by atoms with Gasteiger partial charge in [0.2, 0.25) is 6.20 Å². The molecule has 2 atom stereocenters. The van der Waals surface area contributed by atoms with Gasteiger partial charge in [-0.3, -0.25) is 0 Å². The Balaban J connectivity index is 1.59. The summed E-state index contributed by atoms with van der Waals surface area (Å²) in [6.45, 7) is 0. The Kier molecular flexibility index (Phi) is 2.33. The summed E-state index contributed by atoms with van der Waals surface area (Å²) in [6, 6.07) is 22.8. The van der Waals surface area contributed by atoms with E-state index in [9.17, 15) is 4.21 Å². The predicted molar refractivity (Wildman–Crippen MR) is 122 cm³/mol. The molecule has 10 rings (SSSR count). The number of para-hydroxylation sites is 1. The van der Waals surface area contributed by atoms with Crippen molar-refractivity contribution in [1.82, 2.24) is 9.25 Å². The highest BCUT2D eigenvalue weighted by atomic mass is 32.2. The van der Waals surface area contributed by atoms with Crippen LogP contribution in [0.4, 0.5) is 0 Å². The van der Waals surface area contributed by atoms with Gasteiger partial charge in [0.1, 0.15) is 22.7 Å². The van der Waals surface area contributed by atoms with Crippen molar-refractivity contribution in [2.45, 2.75) is 15.5 Å². The van der Waals surface area contributed by atoms with Gasteiger partial charge in [-0.2, -0.15) is 9.13 Å². The summed E-state index contributed by atoms with van der Waals surface area (Å²) in [5.41, 5.74) is 5.75. The van der Waals surface area contributed by atoms with E-state index in [0.29, 0.717) is 0 Å². The normalized spacial score (nSPS) is 21.1. The molecular formula is C27H14N4O2S+2. The maximum absolute atomic E-state index is 14.0. The van der Waals surface area contributed by atoms with Gasteiger partial charge < -0.3 is 4.74 Å². The molecular weight excluding hydrogens is 444 g/mol. The molecule has 6 nitrogen and oxygen atoms in total. The van der Waals surface area contributed by atoms with Crippen molar-refractivity contribution >= 4 is 21.7 Å². The van der Waals surface area contributed by atoms with Gasteiger partial charge in [0, 0.05) is 11.5 Å². The predicted octanol–water partition coefficient (Wildman–Crippen LogP) is 3.61. The number of rotatable bonds is 0. The summed E-state index contributed by atoms with van der Waals surface area (Å²) in [7, 11) is -1.28. The zero-order chi connectivity index (χ0) is 21.9. The van der Waals surface area contributed by atoms with Crippen molar-refractivity contribution < 1.29 is 18.2 Å². The third-order valence-corrected chi connectivity index (χ3v) is 9.41. The molecule has 2 unspecified atom stereocenters. The van der Waals surface area contributed by atoms with Crippen molar-refractivity contribution in [3.63, 3.8) is 0 Å². The number of aromatic nitrogens is 4. The molecule has 3 aromatic carbocycles. The average molecular weight is 459 g/mol. The lowest BCUT2D eigenvalue weighted by Gasteiger charge is -2.35. The quantitative estimate of drug-likeness (QED) is 0.326. The third-order valence-electron chi connectivity index (χ3n) is 7.95. The molecule has 34 heavy (non-hydrogen) atoms. The fourth-order valence-corrected chi connectivity index (χ4v) is 8.26. The molecule has 1 spiro atoms. The van der Waals surface area contributed by atoms with Gasteiger partial charge in [0.15, 0.2) is 16.8 Å². The SMILES string of the molecule is O=S1c2ccc3c4c2-[n+]2c5n(cccc-5c5cccc1c52)C41c2c(cccc2-n2ccc[n+]21)O3. The largest absolute Gasteiger partial charge is 0.456 e. The summed E-state index contributed by atoms with van der Waals surface area (Å²) < 4.78 is 29.7. The first kappa shape index (κ1) is 16.4. The van der Waals surface area contributed by atoms with Crippen LogP contribution in [0.2, 0.25) is 0 Å². The lowest BCUT2D eigenvalue weighted by atomic mass is 9.84. The number of hydrogen-bond acceptors (Lipinski definition) is 2. The molecule has 1 aromatic heterocycles. The van der Waals surface area contributed by atoms with E-state index in [1.165, 1.54) is 0 Å². The van der Waals surface area contributed by atoms with E-state index in [1.807, 2.05) is 30.3 Å². The first-order chi connectivity index (χ1) is 16.8. The number of pyridine rings is 1. The van der Waals surface area contributed by atoms with Crippen LogP contribution >= 0.6 is 0 Å². The Morgan fingerprint density at radius 2 is 1.76 bits per heavy atom. The number of hydrogen-bond donors (Lipinski definition) is 0.